The first-order valence-corrected chi connectivity index (χ1v) is 8.23. The summed E-state index contributed by atoms with van der Waals surface area (Å²) in [5.74, 6) is -0.816. The van der Waals surface area contributed by atoms with E-state index in [0.29, 0.717) is 37.3 Å². The number of carbonyl (C=O) groups is 2. The van der Waals surface area contributed by atoms with Gasteiger partial charge in [-0.25, -0.2) is 0 Å². The third kappa shape index (κ3) is 5.20. The molecule has 1 fully saturated rings. The first-order valence-electron chi connectivity index (χ1n) is 6.60. The van der Waals surface area contributed by atoms with Gasteiger partial charge in [0, 0.05) is 30.8 Å². The molecule has 0 atom stereocenters. The number of thioether (sulfide) groups is 1. The Morgan fingerprint density at radius 3 is 2.57 bits per heavy atom. The van der Waals surface area contributed by atoms with Crippen LogP contribution in [0.1, 0.15) is 12.8 Å². The molecule has 1 aromatic heterocycles. The molecule has 126 valence electrons. The number of hydrogen-bond acceptors (Lipinski definition) is 6. The van der Waals surface area contributed by atoms with Gasteiger partial charge in [-0.1, -0.05) is 17.9 Å². The molecule has 23 heavy (non-hydrogen) atoms. The van der Waals surface area contributed by atoms with Crippen molar-refractivity contribution in [3.8, 4) is 0 Å². The lowest BCUT2D eigenvalue weighted by molar-refractivity contribution is -0.130. The molecule has 0 bridgehead atoms. The van der Waals surface area contributed by atoms with Crippen molar-refractivity contribution in [2.75, 3.05) is 18.4 Å². The molecule has 0 aliphatic carbocycles. The standard InChI is InChI=1S/C12H13F3N4O2S2/c1-2-8(20)19-5-3-7(4-6-19)9(21)16-10-17-18-11(22-10)23-12(13,14)15/h2,7H,1,3-6H2,(H,16,17,21). The van der Waals surface area contributed by atoms with Gasteiger partial charge in [0.05, 0.1) is 0 Å². The van der Waals surface area contributed by atoms with Crippen LogP contribution in [0.2, 0.25) is 0 Å². The number of hydrogen-bond donors (Lipinski definition) is 1. The number of amides is 2. The zero-order valence-corrected chi connectivity index (χ0v) is 13.4. The average molecular weight is 366 g/mol. The summed E-state index contributed by atoms with van der Waals surface area (Å²) in [7, 11) is 0. The molecular formula is C12H13F3N4O2S2. The molecule has 2 rings (SSSR count). The molecule has 2 amide bonds. The molecular weight excluding hydrogens is 353 g/mol. The summed E-state index contributed by atoms with van der Waals surface area (Å²) in [4.78, 5) is 25.1. The van der Waals surface area contributed by atoms with E-state index in [2.05, 4.69) is 22.1 Å². The van der Waals surface area contributed by atoms with Gasteiger partial charge in [0.25, 0.3) is 0 Å². The predicted octanol–water partition coefficient (Wildman–Crippen LogP) is 2.51. The van der Waals surface area contributed by atoms with Gasteiger partial charge < -0.3 is 10.2 Å². The van der Waals surface area contributed by atoms with Crippen molar-refractivity contribution in [1.29, 1.82) is 0 Å². The van der Waals surface area contributed by atoms with Crippen LogP contribution >= 0.6 is 23.1 Å². The van der Waals surface area contributed by atoms with E-state index in [1.54, 1.807) is 4.90 Å². The van der Waals surface area contributed by atoms with E-state index in [-0.39, 0.29) is 39.0 Å². The van der Waals surface area contributed by atoms with Gasteiger partial charge >= 0.3 is 5.51 Å². The summed E-state index contributed by atoms with van der Waals surface area (Å²) >= 11 is 0.302. The van der Waals surface area contributed by atoms with E-state index >= 15 is 0 Å². The highest BCUT2D eigenvalue weighted by Gasteiger charge is 2.32. The number of anilines is 1. The molecule has 0 aromatic carbocycles. The van der Waals surface area contributed by atoms with Crippen LogP contribution in [0.5, 0.6) is 0 Å². The highest BCUT2D eigenvalue weighted by molar-refractivity contribution is 8.01. The zero-order chi connectivity index (χ0) is 17.0. The lowest BCUT2D eigenvalue weighted by atomic mass is 9.96. The zero-order valence-electron chi connectivity index (χ0n) is 11.8. The summed E-state index contributed by atoms with van der Waals surface area (Å²) in [5, 5.41) is 9.42. The second-order valence-corrected chi connectivity index (χ2v) is 7.00. The van der Waals surface area contributed by atoms with Crippen LogP contribution < -0.4 is 5.32 Å². The Balaban J connectivity index is 1.86. The Morgan fingerprint density at radius 2 is 2.00 bits per heavy atom. The monoisotopic (exact) mass is 366 g/mol. The number of nitrogens with one attached hydrogen (secondary N) is 1. The summed E-state index contributed by atoms with van der Waals surface area (Å²) in [5.41, 5.74) is -4.44. The number of aromatic nitrogens is 2. The summed E-state index contributed by atoms with van der Waals surface area (Å²) in [6, 6.07) is 0. The second-order valence-electron chi connectivity index (χ2n) is 4.71. The van der Waals surface area contributed by atoms with Crippen LogP contribution in [-0.2, 0) is 9.59 Å². The van der Waals surface area contributed by atoms with Crippen molar-refractivity contribution in [2.45, 2.75) is 22.7 Å². The quantitative estimate of drug-likeness (QED) is 0.503. The number of nitrogens with zero attached hydrogens (tertiary/aromatic N) is 3. The van der Waals surface area contributed by atoms with E-state index in [1.807, 2.05) is 0 Å². The minimum absolute atomic E-state index is 0.0337. The van der Waals surface area contributed by atoms with Crippen LogP contribution in [0.4, 0.5) is 18.3 Å². The molecule has 0 saturated carbocycles. The molecule has 1 saturated heterocycles. The van der Waals surface area contributed by atoms with E-state index in [4.69, 9.17) is 0 Å². The fraction of sp³-hybridized carbons (Fsp3) is 0.500. The van der Waals surface area contributed by atoms with Gasteiger partial charge in [-0.15, -0.1) is 10.2 Å². The molecule has 0 unspecified atom stereocenters. The molecule has 0 radical (unpaired) electrons. The molecule has 0 spiro atoms. The van der Waals surface area contributed by atoms with Crippen molar-refractivity contribution >= 4 is 40.0 Å². The lowest BCUT2D eigenvalue weighted by Crippen LogP contribution is -2.40. The van der Waals surface area contributed by atoms with Crippen molar-refractivity contribution in [3.05, 3.63) is 12.7 Å². The molecule has 6 nitrogen and oxygen atoms in total. The Hall–Kier alpha value is -1.62. The number of rotatable bonds is 4. The average Bonchev–Trinajstić information content (AvgIpc) is 2.91. The van der Waals surface area contributed by atoms with Crippen LogP contribution in [-0.4, -0.2) is 45.5 Å². The number of alkyl halides is 3. The normalized spacial score (nSPS) is 16.2. The molecule has 1 aliphatic rings. The van der Waals surface area contributed by atoms with E-state index in [0.717, 1.165) is 0 Å². The van der Waals surface area contributed by atoms with E-state index < -0.39 is 5.51 Å². The highest BCUT2D eigenvalue weighted by Crippen LogP contribution is 2.39. The summed E-state index contributed by atoms with van der Waals surface area (Å²) in [6.07, 6.45) is 2.18. The Kier molecular flexibility index (Phi) is 5.63. The first-order chi connectivity index (χ1) is 10.8. The minimum atomic E-state index is -4.44. The lowest BCUT2D eigenvalue weighted by Gasteiger charge is -2.30. The third-order valence-corrected chi connectivity index (χ3v) is 4.81. The van der Waals surface area contributed by atoms with Crippen molar-refractivity contribution in [1.82, 2.24) is 15.1 Å². The number of likely N-dealkylation sites (tertiary alicyclic amines) is 1. The summed E-state index contributed by atoms with van der Waals surface area (Å²) < 4.78 is 36.4. The van der Waals surface area contributed by atoms with Gasteiger partial charge in [0.15, 0.2) is 4.34 Å². The number of carbonyl (C=O) groups excluding carboxylic acids is 2. The maximum atomic E-state index is 12.2. The minimum Gasteiger partial charge on any atom is -0.339 e. The van der Waals surface area contributed by atoms with Crippen LogP contribution in [0.25, 0.3) is 0 Å². The van der Waals surface area contributed by atoms with Gasteiger partial charge in [0.2, 0.25) is 16.9 Å². The van der Waals surface area contributed by atoms with Crippen molar-refractivity contribution in [3.63, 3.8) is 0 Å². The molecule has 2 heterocycles. The number of piperidine rings is 1. The molecule has 11 heteroatoms. The fourth-order valence-corrected chi connectivity index (χ4v) is 3.55. The Morgan fingerprint density at radius 1 is 1.35 bits per heavy atom. The third-order valence-electron chi connectivity index (χ3n) is 3.19. The first kappa shape index (κ1) is 17.7. The fourth-order valence-electron chi connectivity index (χ4n) is 2.10. The van der Waals surface area contributed by atoms with Gasteiger partial charge in [-0.3, -0.25) is 9.59 Å². The highest BCUT2D eigenvalue weighted by atomic mass is 32.2. The Bertz CT molecular complexity index is 597. The Labute approximate surface area is 138 Å². The topological polar surface area (TPSA) is 75.2 Å². The van der Waals surface area contributed by atoms with Gasteiger partial charge in [0.1, 0.15) is 0 Å². The van der Waals surface area contributed by atoms with Crippen LogP contribution in [0.15, 0.2) is 17.0 Å². The van der Waals surface area contributed by atoms with E-state index in [9.17, 15) is 22.8 Å². The SMILES string of the molecule is C=CC(=O)N1CCC(C(=O)Nc2nnc(SC(F)(F)F)s2)CC1. The molecule has 1 N–H and O–H groups in total. The number of halogens is 3. The predicted molar refractivity (Wildman–Crippen MR) is 80.0 cm³/mol. The maximum absolute atomic E-state index is 12.2. The molecule has 1 aromatic rings. The van der Waals surface area contributed by atoms with Crippen molar-refractivity contribution in [2.24, 2.45) is 5.92 Å². The van der Waals surface area contributed by atoms with Gasteiger partial charge in [-0.05, 0) is 18.9 Å². The second kappa shape index (κ2) is 7.30. The van der Waals surface area contributed by atoms with E-state index in [1.165, 1.54) is 6.08 Å². The van der Waals surface area contributed by atoms with Crippen LogP contribution in [0.3, 0.4) is 0 Å². The summed E-state index contributed by atoms with van der Waals surface area (Å²) in [6.45, 7) is 4.28. The molecule has 1 aliphatic heterocycles. The van der Waals surface area contributed by atoms with Crippen LogP contribution in [0, 0.1) is 5.92 Å². The van der Waals surface area contributed by atoms with Gasteiger partial charge in [-0.2, -0.15) is 13.2 Å². The largest absolute Gasteiger partial charge is 0.448 e. The maximum Gasteiger partial charge on any atom is 0.448 e. The smallest absolute Gasteiger partial charge is 0.339 e. The van der Waals surface area contributed by atoms with Crippen molar-refractivity contribution < 1.29 is 22.8 Å².